The summed E-state index contributed by atoms with van der Waals surface area (Å²) in [4.78, 5) is 28.5. The van der Waals surface area contributed by atoms with Crippen LogP contribution < -0.4 is 10.1 Å². The summed E-state index contributed by atoms with van der Waals surface area (Å²) >= 11 is 0. The lowest BCUT2D eigenvalue weighted by Gasteiger charge is -2.37. The van der Waals surface area contributed by atoms with Crippen LogP contribution in [-0.2, 0) is 9.59 Å². The van der Waals surface area contributed by atoms with E-state index in [1.807, 2.05) is 23.1 Å². The van der Waals surface area contributed by atoms with Gasteiger partial charge in [-0.3, -0.25) is 9.59 Å². The van der Waals surface area contributed by atoms with Crippen molar-refractivity contribution in [3.63, 3.8) is 0 Å². The van der Waals surface area contributed by atoms with Gasteiger partial charge in [-0.1, -0.05) is 18.2 Å². The Balaban J connectivity index is 1.38. The van der Waals surface area contributed by atoms with Crippen LogP contribution in [0, 0.1) is 5.41 Å². The van der Waals surface area contributed by atoms with Crippen LogP contribution in [0.2, 0.25) is 0 Å². The van der Waals surface area contributed by atoms with Gasteiger partial charge in [-0.2, -0.15) is 0 Å². The topological polar surface area (TPSA) is 61.9 Å². The minimum atomic E-state index is -0.273. The van der Waals surface area contributed by atoms with Crippen molar-refractivity contribution in [1.82, 2.24) is 15.1 Å². The van der Waals surface area contributed by atoms with E-state index in [1.54, 1.807) is 12.1 Å². The molecule has 1 N–H and O–H groups in total. The molecule has 0 aliphatic carbocycles. The van der Waals surface area contributed by atoms with Crippen molar-refractivity contribution in [3.8, 4) is 5.75 Å². The number of carbonyl (C=O) groups excluding carboxylic acids is 2. The molecule has 0 bridgehead atoms. The zero-order valence-electron chi connectivity index (χ0n) is 14.9. The summed E-state index contributed by atoms with van der Waals surface area (Å²) < 4.78 is 5.38. The molecule has 136 valence electrons. The lowest BCUT2D eigenvalue weighted by Crippen LogP contribution is -2.43. The molecule has 6 heteroatoms. The quantitative estimate of drug-likeness (QED) is 0.869. The molecule has 0 aromatic heterocycles. The lowest BCUT2D eigenvalue weighted by atomic mass is 9.78. The second-order valence-corrected chi connectivity index (χ2v) is 7.25. The summed E-state index contributed by atoms with van der Waals surface area (Å²) in [6.07, 6.45) is 3.40. The summed E-state index contributed by atoms with van der Waals surface area (Å²) in [6.45, 7) is 3.82. The van der Waals surface area contributed by atoms with Crippen LogP contribution in [0.5, 0.6) is 5.75 Å². The van der Waals surface area contributed by atoms with Crippen molar-refractivity contribution < 1.29 is 14.3 Å². The number of nitrogens with zero attached hydrogens (tertiary/aromatic N) is 2. The zero-order chi connectivity index (χ0) is 17.7. The minimum Gasteiger partial charge on any atom is -0.484 e. The SMILES string of the molecule is CN1CCC2(CC1)CCN(C(=O)CNC(=O)COc1ccccc1)C2. The maximum atomic E-state index is 12.4. The molecule has 2 fully saturated rings. The smallest absolute Gasteiger partial charge is 0.258 e. The number of benzene rings is 1. The number of piperidine rings is 1. The second kappa shape index (κ2) is 7.87. The van der Waals surface area contributed by atoms with E-state index < -0.39 is 0 Å². The van der Waals surface area contributed by atoms with Crippen molar-refractivity contribution in [1.29, 1.82) is 0 Å². The number of carbonyl (C=O) groups is 2. The fourth-order valence-corrected chi connectivity index (χ4v) is 3.65. The van der Waals surface area contributed by atoms with Crippen LogP contribution in [0.25, 0.3) is 0 Å². The fourth-order valence-electron chi connectivity index (χ4n) is 3.65. The Bertz CT molecular complexity index is 597. The number of ether oxygens (including phenoxy) is 1. The average molecular weight is 345 g/mol. The third-order valence-corrected chi connectivity index (χ3v) is 5.39. The van der Waals surface area contributed by atoms with Gasteiger partial charge in [-0.15, -0.1) is 0 Å². The lowest BCUT2D eigenvalue weighted by molar-refractivity contribution is -0.133. The summed E-state index contributed by atoms with van der Waals surface area (Å²) in [5, 5.41) is 2.66. The first-order chi connectivity index (χ1) is 12.1. The summed E-state index contributed by atoms with van der Waals surface area (Å²) in [7, 11) is 2.15. The van der Waals surface area contributed by atoms with E-state index in [0.717, 1.165) is 45.4 Å². The molecule has 1 aromatic carbocycles. The van der Waals surface area contributed by atoms with Crippen LogP contribution >= 0.6 is 0 Å². The standard InChI is InChI=1S/C19H27N3O3/c1-21-10-7-19(8-11-21)9-12-22(15-19)18(24)13-20-17(23)14-25-16-5-3-2-4-6-16/h2-6H,7-15H2,1H3,(H,20,23). The van der Waals surface area contributed by atoms with Crippen LogP contribution in [0.3, 0.4) is 0 Å². The van der Waals surface area contributed by atoms with Crippen LogP contribution in [-0.4, -0.2) is 68.0 Å². The van der Waals surface area contributed by atoms with E-state index >= 15 is 0 Å². The van der Waals surface area contributed by atoms with Gasteiger partial charge in [0.05, 0.1) is 6.54 Å². The monoisotopic (exact) mass is 345 g/mol. The molecule has 6 nitrogen and oxygen atoms in total. The van der Waals surface area contributed by atoms with E-state index in [4.69, 9.17) is 4.74 Å². The van der Waals surface area contributed by atoms with Crippen LogP contribution in [0.1, 0.15) is 19.3 Å². The number of likely N-dealkylation sites (tertiary alicyclic amines) is 2. The van der Waals surface area contributed by atoms with Crippen molar-refractivity contribution in [2.45, 2.75) is 19.3 Å². The largest absolute Gasteiger partial charge is 0.484 e. The maximum Gasteiger partial charge on any atom is 0.258 e. The van der Waals surface area contributed by atoms with Gasteiger partial charge in [0, 0.05) is 13.1 Å². The first kappa shape index (κ1) is 17.7. The summed E-state index contributed by atoms with van der Waals surface area (Å²) in [5.41, 5.74) is 0.294. The molecule has 3 rings (SSSR count). The highest BCUT2D eigenvalue weighted by Crippen LogP contribution is 2.39. The van der Waals surface area contributed by atoms with E-state index in [1.165, 1.54) is 0 Å². The second-order valence-electron chi connectivity index (χ2n) is 7.25. The third kappa shape index (κ3) is 4.72. The van der Waals surface area contributed by atoms with Gasteiger partial charge < -0.3 is 19.9 Å². The third-order valence-electron chi connectivity index (χ3n) is 5.39. The molecule has 0 saturated carbocycles. The maximum absolute atomic E-state index is 12.4. The molecule has 1 aromatic rings. The summed E-state index contributed by atoms with van der Waals surface area (Å²) in [5.74, 6) is 0.377. The van der Waals surface area contributed by atoms with Crippen molar-refractivity contribution in [3.05, 3.63) is 30.3 Å². The molecule has 2 aliphatic heterocycles. The number of hydrogen-bond acceptors (Lipinski definition) is 4. The summed E-state index contributed by atoms with van der Waals surface area (Å²) in [6, 6.07) is 9.18. The van der Waals surface area contributed by atoms with Gasteiger partial charge in [0.15, 0.2) is 6.61 Å². The molecular weight excluding hydrogens is 318 g/mol. The highest BCUT2D eigenvalue weighted by Gasteiger charge is 2.41. The number of nitrogens with one attached hydrogen (secondary N) is 1. The van der Waals surface area contributed by atoms with Crippen molar-refractivity contribution in [2.24, 2.45) is 5.41 Å². The van der Waals surface area contributed by atoms with E-state index in [9.17, 15) is 9.59 Å². The Hall–Kier alpha value is -2.08. The Kier molecular flexibility index (Phi) is 5.58. The zero-order valence-corrected chi connectivity index (χ0v) is 14.9. The molecule has 0 unspecified atom stereocenters. The predicted octanol–water partition coefficient (Wildman–Crippen LogP) is 1.13. The molecule has 0 radical (unpaired) electrons. The number of amides is 2. The number of para-hydroxylation sites is 1. The molecule has 2 aliphatic rings. The molecule has 1 spiro atoms. The van der Waals surface area contributed by atoms with Crippen LogP contribution in [0.15, 0.2) is 30.3 Å². The molecule has 2 heterocycles. The average Bonchev–Trinajstić information content (AvgIpc) is 3.06. The van der Waals surface area contributed by atoms with E-state index in [-0.39, 0.29) is 25.0 Å². The molecule has 0 atom stereocenters. The fraction of sp³-hybridized carbons (Fsp3) is 0.579. The van der Waals surface area contributed by atoms with Gasteiger partial charge in [-0.05, 0) is 56.9 Å². The van der Waals surface area contributed by atoms with Crippen molar-refractivity contribution in [2.75, 3.05) is 46.4 Å². The highest BCUT2D eigenvalue weighted by molar-refractivity contribution is 5.85. The normalized spacial score (nSPS) is 19.8. The highest BCUT2D eigenvalue weighted by atomic mass is 16.5. The Labute approximate surface area is 149 Å². The Morgan fingerprint density at radius 1 is 1.12 bits per heavy atom. The van der Waals surface area contributed by atoms with E-state index in [0.29, 0.717) is 11.2 Å². The molecular formula is C19H27N3O3. The minimum absolute atomic E-state index is 0.00358. The predicted molar refractivity (Wildman–Crippen MR) is 95.3 cm³/mol. The van der Waals surface area contributed by atoms with Crippen molar-refractivity contribution >= 4 is 11.8 Å². The number of hydrogen-bond donors (Lipinski definition) is 1. The first-order valence-electron chi connectivity index (χ1n) is 8.97. The number of rotatable bonds is 5. The first-order valence-corrected chi connectivity index (χ1v) is 8.97. The van der Waals surface area contributed by atoms with Gasteiger partial charge in [0.2, 0.25) is 5.91 Å². The van der Waals surface area contributed by atoms with Gasteiger partial charge in [0.1, 0.15) is 5.75 Å². The van der Waals surface area contributed by atoms with Gasteiger partial charge in [-0.25, -0.2) is 0 Å². The molecule has 25 heavy (non-hydrogen) atoms. The molecule has 2 saturated heterocycles. The Morgan fingerprint density at radius 2 is 1.80 bits per heavy atom. The van der Waals surface area contributed by atoms with Crippen LogP contribution in [0.4, 0.5) is 0 Å². The van der Waals surface area contributed by atoms with Gasteiger partial charge >= 0.3 is 0 Å². The van der Waals surface area contributed by atoms with E-state index in [2.05, 4.69) is 17.3 Å². The molecule has 2 amide bonds. The Morgan fingerprint density at radius 3 is 2.52 bits per heavy atom. The van der Waals surface area contributed by atoms with Gasteiger partial charge in [0.25, 0.3) is 5.91 Å².